The number of amides is 1. The number of aromatic nitrogens is 2. The predicted octanol–water partition coefficient (Wildman–Crippen LogP) is 1.11. The second kappa shape index (κ2) is 3.44. The molecule has 1 atom stereocenters. The first-order chi connectivity index (χ1) is 7.03. The van der Waals surface area contributed by atoms with E-state index >= 15 is 0 Å². The second-order valence-corrected chi connectivity index (χ2v) is 5.36. The van der Waals surface area contributed by atoms with Crippen LogP contribution in [0.5, 0.6) is 0 Å². The Labute approximate surface area is 92.3 Å². The first-order valence-electron chi connectivity index (χ1n) is 4.85. The zero-order valence-corrected chi connectivity index (χ0v) is 9.81. The number of anilines is 1. The lowest BCUT2D eigenvalue weighted by atomic mass is 10.2. The number of hydrogen-bond acceptors (Lipinski definition) is 5. The molecule has 15 heavy (non-hydrogen) atoms. The molecule has 1 saturated carbocycles. The molecular weight excluding hydrogens is 212 g/mol. The van der Waals surface area contributed by atoms with Gasteiger partial charge in [-0.15, -0.1) is 10.2 Å². The maximum atomic E-state index is 11.7. The van der Waals surface area contributed by atoms with E-state index in [-0.39, 0.29) is 17.4 Å². The van der Waals surface area contributed by atoms with E-state index in [1.165, 1.54) is 11.3 Å². The van der Waals surface area contributed by atoms with E-state index < -0.39 is 0 Å². The van der Waals surface area contributed by atoms with Crippen LogP contribution in [0.15, 0.2) is 0 Å². The number of carbonyl (C=O) groups is 1. The van der Waals surface area contributed by atoms with Gasteiger partial charge in [0.15, 0.2) is 0 Å². The summed E-state index contributed by atoms with van der Waals surface area (Å²) in [5.41, 5.74) is 0.242. The van der Waals surface area contributed by atoms with Crippen molar-refractivity contribution >= 4 is 22.4 Å². The van der Waals surface area contributed by atoms with Crippen LogP contribution < -0.4 is 10.6 Å². The monoisotopic (exact) mass is 226 g/mol. The van der Waals surface area contributed by atoms with Gasteiger partial charge in [-0.3, -0.25) is 4.79 Å². The summed E-state index contributed by atoms with van der Waals surface area (Å²) in [6, 6.07) is 0.284. The molecule has 1 fully saturated rings. The highest BCUT2D eigenvalue weighted by molar-refractivity contribution is 7.17. The van der Waals surface area contributed by atoms with E-state index in [0.717, 1.165) is 6.42 Å². The molecule has 1 aliphatic rings. The van der Waals surface area contributed by atoms with Crippen molar-refractivity contribution in [1.29, 1.82) is 0 Å². The first-order valence-corrected chi connectivity index (χ1v) is 5.67. The average Bonchev–Trinajstić information content (AvgIpc) is 2.67. The third-order valence-corrected chi connectivity index (χ3v) is 3.59. The minimum absolute atomic E-state index is 0.121. The summed E-state index contributed by atoms with van der Waals surface area (Å²) < 4.78 is 0. The number of carbonyl (C=O) groups excluding carboxylic acids is 1. The fraction of sp³-hybridized carbons (Fsp3) is 0.667. The van der Waals surface area contributed by atoms with Crippen molar-refractivity contribution in [2.45, 2.75) is 26.3 Å². The van der Waals surface area contributed by atoms with Gasteiger partial charge in [0.05, 0.1) is 0 Å². The summed E-state index contributed by atoms with van der Waals surface area (Å²) in [6.45, 7) is 4.27. The number of nitrogens with zero attached hydrogens (tertiary/aromatic N) is 2. The summed E-state index contributed by atoms with van der Waals surface area (Å²) >= 11 is 1.27. The third kappa shape index (κ3) is 2.09. The lowest BCUT2D eigenvalue weighted by Crippen LogP contribution is -2.28. The summed E-state index contributed by atoms with van der Waals surface area (Å²) in [5.74, 6) is -0.121. The molecule has 82 valence electrons. The van der Waals surface area contributed by atoms with Crippen LogP contribution in [0, 0.1) is 5.41 Å². The summed E-state index contributed by atoms with van der Waals surface area (Å²) in [5, 5.41) is 14.5. The normalized spacial score (nSPS) is 22.2. The van der Waals surface area contributed by atoms with Crippen LogP contribution in [0.4, 0.5) is 5.13 Å². The molecule has 0 bridgehead atoms. The van der Waals surface area contributed by atoms with Gasteiger partial charge in [-0.05, 0) is 11.8 Å². The van der Waals surface area contributed by atoms with Gasteiger partial charge in [0, 0.05) is 13.1 Å². The molecule has 2 N–H and O–H groups in total. The molecule has 1 unspecified atom stereocenters. The van der Waals surface area contributed by atoms with Crippen LogP contribution in [0.3, 0.4) is 0 Å². The summed E-state index contributed by atoms with van der Waals surface area (Å²) in [7, 11) is 1.76. The second-order valence-electron chi connectivity index (χ2n) is 4.38. The minimum atomic E-state index is -0.121. The fourth-order valence-corrected chi connectivity index (χ4v) is 1.95. The van der Waals surface area contributed by atoms with Crippen LogP contribution in [0.25, 0.3) is 0 Å². The summed E-state index contributed by atoms with van der Waals surface area (Å²) in [6.07, 6.45) is 1.04. The maximum Gasteiger partial charge on any atom is 0.282 e. The first kappa shape index (κ1) is 10.4. The van der Waals surface area contributed by atoms with Crippen molar-refractivity contribution in [3.05, 3.63) is 5.01 Å². The Hall–Kier alpha value is -1.17. The van der Waals surface area contributed by atoms with Crippen molar-refractivity contribution in [3.8, 4) is 0 Å². The van der Waals surface area contributed by atoms with Crippen molar-refractivity contribution in [1.82, 2.24) is 15.5 Å². The maximum absolute atomic E-state index is 11.7. The van der Waals surface area contributed by atoms with Crippen molar-refractivity contribution in [2.75, 3.05) is 12.4 Å². The Bertz CT molecular complexity index is 387. The van der Waals surface area contributed by atoms with E-state index in [1.54, 1.807) is 7.05 Å². The molecule has 2 rings (SSSR count). The van der Waals surface area contributed by atoms with Gasteiger partial charge in [0.1, 0.15) is 0 Å². The van der Waals surface area contributed by atoms with E-state index in [4.69, 9.17) is 0 Å². The number of rotatable bonds is 3. The molecular formula is C9H14N4OS. The van der Waals surface area contributed by atoms with Gasteiger partial charge in [-0.1, -0.05) is 25.2 Å². The Morgan fingerprint density at radius 3 is 2.67 bits per heavy atom. The predicted molar refractivity (Wildman–Crippen MR) is 59.1 cm³/mol. The van der Waals surface area contributed by atoms with Gasteiger partial charge < -0.3 is 10.6 Å². The van der Waals surface area contributed by atoms with Crippen molar-refractivity contribution < 1.29 is 4.79 Å². The molecule has 0 saturated heterocycles. The largest absolute Gasteiger partial charge is 0.363 e. The van der Waals surface area contributed by atoms with Crippen molar-refractivity contribution in [2.24, 2.45) is 5.41 Å². The van der Waals surface area contributed by atoms with Crippen LogP contribution >= 0.6 is 11.3 Å². The quantitative estimate of drug-likeness (QED) is 0.810. The topological polar surface area (TPSA) is 66.9 Å². The van der Waals surface area contributed by atoms with Crippen LogP contribution in [-0.4, -0.2) is 29.2 Å². The van der Waals surface area contributed by atoms with Gasteiger partial charge in [0.25, 0.3) is 5.91 Å². The molecule has 1 amide bonds. The Kier molecular flexibility index (Phi) is 2.38. The van der Waals surface area contributed by atoms with E-state index in [9.17, 15) is 4.79 Å². The fourth-order valence-electron chi connectivity index (χ4n) is 1.35. The molecule has 0 spiro atoms. The molecule has 1 aliphatic carbocycles. The smallest absolute Gasteiger partial charge is 0.282 e. The molecule has 0 radical (unpaired) electrons. The van der Waals surface area contributed by atoms with Gasteiger partial charge >= 0.3 is 0 Å². The van der Waals surface area contributed by atoms with Gasteiger partial charge in [0.2, 0.25) is 10.1 Å². The minimum Gasteiger partial charge on any atom is -0.363 e. The standard InChI is InChI=1S/C9H14N4OS/c1-9(2)4-5(9)11-6(14)7-12-13-8(10-3)15-7/h5H,4H2,1-3H3,(H,10,13)(H,11,14). The molecule has 6 heteroatoms. The molecule has 0 aromatic carbocycles. The highest BCUT2D eigenvalue weighted by atomic mass is 32.1. The van der Waals surface area contributed by atoms with E-state index in [0.29, 0.717) is 10.1 Å². The zero-order valence-electron chi connectivity index (χ0n) is 9.00. The molecule has 1 aromatic rings. The van der Waals surface area contributed by atoms with Crippen LogP contribution in [0.2, 0.25) is 0 Å². The average molecular weight is 226 g/mol. The highest BCUT2D eigenvalue weighted by Gasteiger charge is 2.46. The lowest BCUT2D eigenvalue weighted by molar-refractivity contribution is 0.0945. The number of hydrogen-bond donors (Lipinski definition) is 2. The molecule has 1 heterocycles. The van der Waals surface area contributed by atoms with Gasteiger partial charge in [-0.25, -0.2) is 0 Å². The lowest BCUT2D eigenvalue weighted by Gasteiger charge is -2.03. The van der Waals surface area contributed by atoms with Crippen LogP contribution in [-0.2, 0) is 0 Å². The van der Waals surface area contributed by atoms with Crippen molar-refractivity contribution in [3.63, 3.8) is 0 Å². The van der Waals surface area contributed by atoms with Gasteiger partial charge in [-0.2, -0.15) is 0 Å². The van der Waals surface area contributed by atoms with E-state index in [2.05, 4.69) is 34.7 Å². The Morgan fingerprint density at radius 1 is 1.53 bits per heavy atom. The van der Waals surface area contributed by atoms with E-state index in [1.807, 2.05) is 0 Å². The third-order valence-electron chi connectivity index (χ3n) is 2.65. The molecule has 1 aromatic heterocycles. The highest BCUT2D eigenvalue weighted by Crippen LogP contribution is 2.44. The summed E-state index contributed by atoms with van der Waals surface area (Å²) in [4.78, 5) is 11.7. The Morgan fingerprint density at radius 2 is 2.20 bits per heavy atom. The number of nitrogens with one attached hydrogen (secondary N) is 2. The zero-order chi connectivity index (χ0) is 11.1. The van der Waals surface area contributed by atoms with Crippen LogP contribution in [0.1, 0.15) is 30.1 Å². The SMILES string of the molecule is CNc1nnc(C(=O)NC2CC2(C)C)s1. The molecule has 0 aliphatic heterocycles. The Balaban J connectivity index is 1.97. The molecule has 5 nitrogen and oxygen atoms in total.